The summed E-state index contributed by atoms with van der Waals surface area (Å²) in [5.74, 6) is 3.84. The Morgan fingerprint density at radius 1 is 0.293 bits per heavy atom. The second-order valence-corrected chi connectivity index (χ2v) is 30.9. The Balaban J connectivity index is 1.36. The largest absolute Gasteiger partial charge is 0.493 e. The Kier molecular flexibility index (Phi) is 19.0. The molecule has 428 valence electrons. The monoisotopic (exact) mass is 1130 g/mol. The molecule has 0 aliphatic heterocycles. The van der Waals surface area contributed by atoms with Crippen molar-refractivity contribution in [3.63, 3.8) is 0 Å². The summed E-state index contributed by atoms with van der Waals surface area (Å²) in [4.78, 5) is 0. The molecule has 6 heteroatoms. The lowest BCUT2D eigenvalue weighted by Gasteiger charge is -2.30. The van der Waals surface area contributed by atoms with Crippen LogP contribution in [0.25, 0.3) is 0 Å². The van der Waals surface area contributed by atoms with Gasteiger partial charge >= 0.3 is 0 Å². The molecule has 0 radical (unpaired) electrons. The number of hydrogen-bond donors (Lipinski definition) is 0. The lowest BCUT2D eigenvalue weighted by atomic mass is 9.79. The maximum atomic E-state index is 7.67. The summed E-state index contributed by atoms with van der Waals surface area (Å²) in [6, 6.07) is 63.5. The fraction of sp³-hybridized carbons (Fsp3) is 0.368. The molecule has 82 heavy (non-hydrogen) atoms. The summed E-state index contributed by atoms with van der Waals surface area (Å²) in [6.07, 6.45) is 5.33. The van der Waals surface area contributed by atoms with Crippen LogP contribution in [0, 0.1) is 0 Å². The van der Waals surface area contributed by atoms with E-state index in [1.54, 1.807) is 0 Å². The normalized spacial score (nSPS) is 13.1. The zero-order valence-corrected chi connectivity index (χ0v) is 53.6. The molecule has 0 amide bonds. The zero-order chi connectivity index (χ0) is 58.4. The average molecular weight is 1130 g/mol. The number of fused-ring (bicyclic) bond motifs is 8. The minimum Gasteiger partial charge on any atom is -0.493 e. The summed E-state index contributed by atoms with van der Waals surface area (Å²) in [5, 5.41) is 5.17. The SMILES string of the molecule is CCCOc1c2cc(C(C)(C)C)cc1Cc1cc(C(C)(C)C)cc(c1OCP(c1ccccc1)c1ccccc1)Cc1cc(C(C)(C)C)cc(c1OCCC)Cc1cc(C(C)(C)C)cc(c1OCP(c1ccccc1)c1ccccc1)C2. The van der Waals surface area contributed by atoms with E-state index in [1.165, 1.54) is 88.0 Å². The Morgan fingerprint density at radius 2 is 0.488 bits per heavy atom. The van der Waals surface area contributed by atoms with Gasteiger partial charge in [0.1, 0.15) is 35.7 Å². The van der Waals surface area contributed by atoms with E-state index < -0.39 is 15.8 Å². The highest BCUT2D eigenvalue weighted by molar-refractivity contribution is 7.73. The van der Waals surface area contributed by atoms with Crippen LogP contribution >= 0.6 is 15.8 Å². The predicted octanol–water partition coefficient (Wildman–Crippen LogP) is 18.1. The summed E-state index contributed by atoms with van der Waals surface area (Å²) in [5.41, 5.74) is 13.9. The molecule has 0 fully saturated rings. The second kappa shape index (κ2) is 25.8. The lowest BCUT2D eigenvalue weighted by molar-refractivity contribution is 0.310. The van der Waals surface area contributed by atoms with Crippen LogP contribution in [0.15, 0.2) is 170 Å². The van der Waals surface area contributed by atoms with Gasteiger partial charge in [-0.25, -0.2) is 0 Å². The van der Waals surface area contributed by atoms with Gasteiger partial charge < -0.3 is 18.9 Å². The molecule has 1 aliphatic carbocycles. The smallest absolute Gasteiger partial charge is 0.126 e. The minimum atomic E-state index is -0.884. The lowest BCUT2D eigenvalue weighted by Crippen LogP contribution is -2.20. The summed E-state index contributed by atoms with van der Waals surface area (Å²) >= 11 is 0. The first-order valence-electron chi connectivity index (χ1n) is 30.0. The number of benzene rings is 8. The minimum absolute atomic E-state index is 0.158. The van der Waals surface area contributed by atoms with Crippen LogP contribution in [0.1, 0.15) is 177 Å². The number of hydrogen-bond acceptors (Lipinski definition) is 4. The molecule has 1 aliphatic rings. The molecule has 0 aromatic heterocycles. The van der Waals surface area contributed by atoms with Crippen LogP contribution < -0.4 is 40.2 Å². The van der Waals surface area contributed by atoms with Crippen LogP contribution in [0.3, 0.4) is 0 Å². The van der Waals surface area contributed by atoms with Crippen LogP contribution in [0.2, 0.25) is 0 Å². The zero-order valence-electron chi connectivity index (χ0n) is 51.8. The maximum Gasteiger partial charge on any atom is 0.126 e. The van der Waals surface area contributed by atoms with E-state index in [2.05, 4.69) is 267 Å². The molecule has 0 N–H and O–H groups in total. The van der Waals surface area contributed by atoms with E-state index in [1.807, 2.05) is 0 Å². The van der Waals surface area contributed by atoms with E-state index in [-0.39, 0.29) is 21.7 Å². The van der Waals surface area contributed by atoms with Crippen molar-refractivity contribution >= 4 is 37.1 Å². The van der Waals surface area contributed by atoms with Crippen LogP contribution in [-0.4, -0.2) is 25.9 Å². The molecule has 0 atom stereocenters. The van der Waals surface area contributed by atoms with E-state index in [0.717, 1.165) is 35.8 Å². The van der Waals surface area contributed by atoms with Gasteiger partial charge in [0.25, 0.3) is 0 Å². The topological polar surface area (TPSA) is 36.9 Å². The fourth-order valence-electron chi connectivity index (χ4n) is 11.1. The van der Waals surface area contributed by atoms with Crippen LogP contribution in [0.5, 0.6) is 23.0 Å². The summed E-state index contributed by atoms with van der Waals surface area (Å²) in [7, 11) is -1.77. The third-order valence-corrected chi connectivity index (χ3v) is 20.3. The van der Waals surface area contributed by atoms with Gasteiger partial charge in [-0.3, -0.25) is 0 Å². The van der Waals surface area contributed by atoms with Gasteiger partial charge in [0.05, 0.1) is 13.2 Å². The first-order chi connectivity index (χ1) is 39.1. The Hall–Kier alpha value is -6.18. The molecule has 8 aromatic carbocycles. The van der Waals surface area contributed by atoms with E-state index in [9.17, 15) is 0 Å². The third kappa shape index (κ3) is 14.6. The van der Waals surface area contributed by atoms with Crippen LogP contribution in [0.4, 0.5) is 0 Å². The Bertz CT molecular complexity index is 3010. The molecule has 8 aromatic rings. The van der Waals surface area contributed by atoms with Crippen molar-refractivity contribution in [1.29, 1.82) is 0 Å². The summed E-state index contributed by atoms with van der Waals surface area (Å²) in [6.45, 7) is 33.8. The van der Waals surface area contributed by atoms with Crippen molar-refractivity contribution in [2.45, 2.75) is 157 Å². The van der Waals surface area contributed by atoms with Crippen molar-refractivity contribution in [3.8, 4) is 23.0 Å². The van der Waals surface area contributed by atoms with Crippen molar-refractivity contribution in [3.05, 3.63) is 237 Å². The Morgan fingerprint density at radius 3 is 0.671 bits per heavy atom. The van der Waals surface area contributed by atoms with Crippen molar-refractivity contribution < 1.29 is 18.9 Å². The highest BCUT2D eigenvalue weighted by Gasteiger charge is 2.31. The highest BCUT2D eigenvalue weighted by Crippen LogP contribution is 2.47. The number of rotatable bonds is 16. The second-order valence-electron chi connectivity index (χ2n) is 26.6. The first-order valence-corrected chi connectivity index (χ1v) is 33.1. The van der Waals surface area contributed by atoms with E-state index >= 15 is 0 Å². The summed E-state index contributed by atoms with van der Waals surface area (Å²) < 4.78 is 29.8. The van der Waals surface area contributed by atoms with Gasteiger partial charge in [0, 0.05) is 25.7 Å². The Labute approximate surface area is 495 Å². The quantitative estimate of drug-likeness (QED) is 0.0904. The van der Waals surface area contributed by atoms with Crippen molar-refractivity contribution in [2.75, 3.05) is 25.9 Å². The molecule has 9 rings (SSSR count). The molecular weight excluding hydrogens is 1040 g/mol. The van der Waals surface area contributed by atoms with Gasteiger partial charge in [0.15, 0.2) is 0 Å². The molecule has 0 saturated carbocycles. The molecule has 8 bridgehead atoms. The molecule has 4 nitrogen and oxygen atoms in total. The van der Waals surface area contributed by atoms with Crippen LogP contribution in [-0.2, 0) is 47.3 Å². The average Bonchev–Trinajstić information content (AvgIpc) is 3.43. The van der Waals surface area contributed by atoms with Gasteiger partial charge in [-0.1, -0.05) is 267 Å². The first kappa shape index (κ1) is 60.4. The standard InChI is InChI=1S/C76H90O4P2/c1-15-37-77-69-53-39-57-47-63(75(9,10)11)49-59(71(57)79-51-81(65-29-21-17-22-30-65)66-31-23-18-24-32-66)41-55-45-62(74(6,7)8)46-56(70(55)78-38-16-2)42-60-50-64(76(12,13)14)48-58(40-54(69)44-61(43-53)73(3,4)5)72(60)80-52-82(67-33-25-19-26-34-67)68-35-27-20-28-36-68/h17-36,43-50H,15-16,37-42,51-52H2,1-14H3. The van der Waals surface area contributed by atoms with Gasteiger partial charge in [-0.15, -0.1) is 0 Å². The van der Waals surface area contributed by atoms with Crippen molar-refractivity contribution in [1.82, 2.24) is 0 Å². The van der Waals surface area contributed by atoms with Gasteiger partial charge in [-0.05, 0) is 138 Å². The third-order valence-electron chi connectivity index (χ3n) is 15.8. The van der Waals surface area contributed by atoms with Gasteiger partial charge in [0.2, 0.25) is 0 Å². The molecule has 0 saturated heterocycles. The van der Waals surface area contributed by atoms with Crippen molar-refractivity contribution in [2.24, 2.45) is 0 Å². The molecule has 0 unspecified atom stereocenters. The predicted molar refractivity (Wildman–Crippen MR) is 352 cm³/mol. The number of ether oxygens (including phenoxy) is 4. The van der Waals surface area contributed by atoms with E-state index in [0.29, 0.717) is 51.6 Å². The van der Waals surface area contributed by atoms with E-state index in [4.69, 9.17) is 18.9 Å². The molecule has 0 spiro atoms. The van der Waals surface area contributed by atoms with Gasteiger partial charge in [-0.2, -0.15) is 0 Å². The highest BCUT2D eigenvalue weighted by atomic mass is 31.1. The fourth-order valence-corrected chi connectivity index (χ4v) is 14.9. The molecular formula is C76H90O4P2. The molecule has 0 heterocycles. The maximum absolute atomic E-state index is 7.67.